The fourth-order valence-corrected chi connectivity index (χ4v) is 1.93. The molecule has 0 heterocycles. The molecule has 0 aliphatic rings. The highest BCUT2D eigenvalue weighted by Crippen LogP contribution is 2.31. The van der Waals surface area contributed by atoms with Crippen molar-refractivity contribution in [1.29, 1.82) is 0 Å². The van der Waals surface area contributed by atoms with Crippen molar-refractivity contribution >= 4 is 34.6 Å². The van der Waals surface area contributed by atoms with E-state index in [1.807, 2.05) is 0 Å². The van der Waals surface area contributed by atoms with Crippen LogP contribution >= 0.6 is 0 Å². The largest absolute Gasteiger partial charge is 0.457 e. The van der Waals surface area contributed by atoms with E-state index in [1.165, 1.54) is 0 Å². The minimum atomic E-state index is -0.379. The highest BCUT2D eigenvalue weighted by Gasteiger charge is 2.08. The third kappa shape index (κ3) is 4.61. The lowest BCUT2D eigenvalue weighted by molar-refractivity contribution is -0.112. The molecule has 0 atom stereocenters. The average Bonchev–Trinajstić information content (AvgIpc) is 2.60. The number of carbonyl (C=O) groups excluding carboxylic acids is 2. The zero-order chi connectivity index (χ0) is 18.4. The smallest absolute Gasteiger partial charge is 0.247 e. The molecule has 0 saturated heterocycles. The van der Waals surface area contributed by atoms with Crippen molar-refractivity contribution in [2.45, 2.75) is 0 Å². The lowest BCUT2D eigenvalue weighted by atomic mass is 10.2. The molecule has 2 rings (SSSR count). The van der Waals surface area contributed by atoms with Crippen LogP contribution in [0.3, 0.4) is 0 Å². The highest BCUT2D eigenvalue weighted by molar-refractivity contribution is 6.01. The Morgan fingerprint density at radius 3 is 2.00 bits per heavy atom. The summed E-state index contributed by atoms with van der Waals surface area (Å²) in [6, 6.07) is 9.67. The summed E-state index contributed by atoms with van der Waals surface area (Å²) in [6.07, 6.45) is 2.29. The van der Waals surface area contributed by atoms with Gasteiger partial charge >= 0.3 is 0 Å². The zero-order valence-electron chi connectivity index (χ0n) is 13.4. The molecule has 0 aliphatic heterocycles. The number of benzene rings is 2. The topological polar surface area (TPSA) is 119 Å². The Kier molecular flexibility index (Phi) is 5.42. The maximum atomic E-state index is 11.4. The molecular weight excluding hydrogens is 320 g/mol. The van der Waals surface area contributed by atoms with Gasteiger partial charge in [0.25, 0.3) is 0 Å². The molecule has 128 valence electrons. The SMILES string of the molecule is C=CC(=O)Nc1ccc(Oc2ccc(N)c(NC(=O)C=C)c2)cc1N. The molecular formula is C18H18N4O3. The molecule has 0 aromatic heterocycles. The second-order valence-electron chi connectivity index (χ2n) is 4.99. The third-order valence-corrected chi connectivity index (χ3v) is 3.17. The highest BCUT2D eigenvalue weighted by atomic mass is 16.5. The van der Waals surface area contributed by atoms with Crippen LogP contribution in [0.1, 0.15) is 0 Å². The molecule has 0 bridgehead atoms. The Balaban J connectivity index is 2.19. The molecule has 25 heavy (non-hydrogen) atoms. The zero-order valence-corrected chi connectivity index (χ0v) is 13.4. The summed E-state index contributed by atoms with van der Waals surface area (Å²) in [7, 11) is 0. The molecule has 6 N–H and O–H groups in total. The first-order valence-corrected chi connectivity index (χ1v) is 7.26. The van der Waals surface area contributed by atoms with Crippen LogP contribution < -0.4 is 26.8 Å². The first-order valence-electron chi connectivity index (χ1n) is 7.26. The molecule has 7 nitrogen and oxygen atoms in total. The average molecular weight is 338 g/mol. The van der Waals surface area contributed by atoms with Crippen LogP contribution in [0.15, 0.2) is 61.7 Å². The fraction of sp³-hybridized carbons (Fsp3) is 0. The molecule has 0 fully saturated rings. The van der Waals surface area contributed by atoms with Gasteiger partial charge in [-0.2, -0.15) is 0 Å². The van der Waals surface area contributed by atoms with Gasteiger partial charge < -0.3 is 26.8 Å². The Morgan fingerprint density at radius 2 is 1.40 bits per heavy atom. The van der Waals surface area contributed by atoms with E-state index in [0.29, 0.717) is 34.2 Å². The van der Waals surface area contributed by atoms with E-state index >= 15 is 0 Å². The quantitative estimate of drug-likeness (QED) is 0.477. The van der Waals surface area contributed by atoms with Gasteiger partial charge in [0.15, 0.2) is 0 Å². The number of hydrogen-bond acceptors (Lipinski definition) is 5. The summed E-state index contributed by atoms with van der Waals surface area (Å²) in [5.41, 5.74) is 13.3. The van der Waals surface area contributed by atoms with Gasteiger partial charge in [-0.25, -0.2) is 0 Å². The molecule has 2 aromatic rings. The van der Waals surface area contributed by atoms with Gasteiger partial charge in [0.1, 0.15) is 11.5 Å². The minimum Gasteiger partial charge on any atom is -0.457 e. The first-order chi connectivity index (χ1) is 11.9. The number of ether oxygens (including phenoxy) is 1. The van der Waals surface area contributed by atoms with Crippen molar-refractivity contribution < 1.29 is 14.3 Å². The number of anilines is 4. The van der Waals surface area contributed by atoms with E-state index in [2.05, 4.69) is 23.8 Å². The van der Waals surface area contributed by atoms with Crippen molar-refractivity contribution in [3.63, 3.8) is 0 Å². The van der Waals surface area contributed by atoms with Gasteiger partial charge in [-0.05, 0) is 36.4 Å². The van der Waals surface area contributed by atoms with Crippen LogP contribution in [0.5, 0.6) is 11.5 Å². The summed E-state index contributed by atoms with van der Waals surface area (Å²) in [4.78, 5) is 22.7. The first kappa shape index (κ1) is 17.6. The lowest BCUT2D eigenvalue weighted by Crippen LogP contribution is -2.09. The fourth-order valence-electron chi connectivity index (χ4n) is 1.93. The molecule has 2 aromatic carbocycles. The maximum Gasteiger partial charge on any atom is 0.247 e. The van der Waals surface area contributed by atoms with E-state index in [9.17, 15) is 9.59 Å². The van der Waals surface area contributed by atoms with E-state index < -0.39 is 0 Å². The summed E-state index contributed by atoms with van der Waals surface area (Å²) in [5.74, 6) is 0.174. The van der Waals surface area contributed by atoms with Gasteiger partial charge in [-0.15, -0.1) is 0 Å². The molecule has 0 saturated carbocycles. The predicted octanol–water partition coefficient (Wildman–Crippen LogP) is 2.89. The monoisotopic (exact) mass is 338 g/mol. The van der Waals surface area contributed by atoms with E-state index in [4.69, 9.17) is 16.2 Å². The van der Waals surface area contributed by atoms with Gasteiger partial charge in [0.2, 0.25) is 11.8 Å². The van der Waals surface area contributed by atoms with Crippen LogP contribution in [0, 0.1) is 0 Å². The summed E-state index contributed by atoms with van der Waals surface area (Å²) in [6.45, 7) is 6.76. The molecule has 0 radical (unpaired) electrons. The van der Waals surface area contributed by atoms with E-state index in [-0.39, 0.29) is 11.8 Å². The van der Waals surface area contributed by atoms with Gasteiger partial charge in [0, 0.05) is 12.1 Å². The Labute approximate surface area is 145 Å². The van der Waals surface area contributed by atoms with E-state index in [1.54, 1.807) is 36.4 Å². The minimum absolute atomic E-state index is 0.336. The van der Waals surface area contributed by atoms with E-state index in [0.717, 1.165) is 12.2 Å². The van der Waals surface area contributed by atoms with Gasteiger partial charge in [-0.3, -0.25) is 9.59 Å². The van der Waals surface area contributed by atoms with Crippen LogP contribution in [0.2, 0.25) is 0 Å². The standard InChI is InChI=1S/C18H18N4O3/c1-3-17(23)21-15-8-6-11(9-14(15)20)25-12-5-7-13(19)16(10-12)22-18(24)4-2/h3-10H,1-2,19-20H2,(H,21,23)(H,22,24). The van der Waals surface area contributed by atoms with Crippen molar-refractivity contribution in [2.75, 3.05) is 22.1 Å². The normalized spacial score (nSPS) is 9.76. The molecule has 0 spiro atoms. The van der Waals surface area contributed by atoms with Crippen molar-refractivity contribution in [2.24, 2.45) is 0 Å². The van der Waals surface area contributed by atoms with Crippen LogP contribution in [-0.4, -0.2) is 11.8 Å². The molecule has 2 amide bonds. The molecule has 0 aliphatic carbocycles. The van der Waals surface area contributed by atoms with Gasteiger partial charge in [-0.1, -0.05) is 13.2 Å². The Bertz CT molecular complexity index is 846. The second kappa shape index (κ2) is 7.69. The lowest BCUT2D eigenvalue weighted by Gasteiger charge is -2.12. The summed E-state index contributed by atoms with van der Waals surface area (Å²) >= 11 is 0. The number of carbonyl (C=O) groups is 2. The molecule has 7 heteroatoms. The van der Waals surface area contributed by atoms with Gasteiger partial charge in [0.05, 0.1) is 22.7 Å². The number of nitrogen functional groups attached to an aromatic ring is 2. The molecule has 0 unspecified atom stereocenters. The number of hydrogen-bond donors (Lipinski definition) is 4. The maximum absolute atomic E-state index is 11.4. The summed E-state index contributed by atoms with van der Waals surface area (Å²) < 4.78 is 5.71. The van der Waals surface area contributed by atoms with Crippen LogP contribution in [0.4, 0.5) is 22.7 Å². The van der Waals surface area contributed by atoms with Crippen molar-refractivity contribution in [3.8, 4) is 11.5 Å². The number of nitrogens with two attached hydrogens (primary N) is 2. The number of rotatable bonds is 6. The number of amides is 2. The van der Waals surface area contributed by atoms with Crippen LogP contribution in [-0.2, 0) is 9.59 Å². The van der Waals surface area contributed by atoms with Crippen molar-refractivity contribution in [3.05, 3.63) is 61.7 Å². The third-order valence-electron chi connectivity index (χ3n) is 3.17. The Hall–Kier alpha value is -3.74. The predicted molar refractivity (Wildman–Crippen MR) is 99.4 cm³/mol. The number of nitrogens with one attached hydrogen (secondary N) is 2. The van der Waals surface area contributed by atoms with Crippen LogP contribution in [0.25, 0.3) is 0 Å². The second-order valence-corrected chi connectivity index (χ2v) is 4.99. The Morgan fingerprint density at radius 1 is 0.840 bits per heavy atom. The summed E-state index contributed by atoms with van der Waals surface area (Å²) in [5, 5.41) is 5.18. The van der Waals surface area contributed by atoms with Crippen molar-refractivity contribution in [1.82, 2.24) is 0 Å².